The van der Waals surface area contributed by atoms with Gasteiger partial charge in [-0.25, -0.2) is 9.18 Å². The molecule has 2 aromatic rings. The molecule has 0 bridgehead atoms. The largest absolute Gasteiger partial charge is 0.452 e. The third-order valence-electron chi connectivity index (χ3n) is 3.46. The molecule has 136 valence electrons. The minimum atomic E-state index is -1.00. The maximum Gasteiger partial charge on any atom is 0.345 e. The summed E-state index contributed by atoms with van der Waals surface area (Å²) in [6.45, 7) is -0.395. The number of halogens is 2. The van der Waals surface area contributed by atoms with Crippen molar-refractivity contribution in [3.63, 3.8) is 0 Å². The maximum absolute atomic E-state index is 12.9. The molecule has 26 heavy (non-hydrogen) atoms. The number of likely N-dealkylation sites (N-methyl/N-ethyl adjacent to an activating group) is 1. The quantitative estimate of drug-likeness (QED) is 0.436. The Morgan fingerprint density at radius 3 is 2.50 bits per heavy atom. The van der Waals surface area contributed by atoms with E-state index < -0.39 is 29.1 Å². The molecule has 0 saturated carbocycles. The summed E-state index contributed by atoms with van der Waals surface area (Å²) in [5, 5.41) is 11.1. The monoisotopic (exact) mass is 380 g/mol. The number of rotatable bonds is 6. The number of nitro benzene ring substituents is 1. The van der Waals surface area contributed by atoms with Gasteiger partial charge in [0.1, 0.15) is 11.4 Å². The van der Waals surface area contributed by atoms with Gasteiger partial charge < -0.3 is 9.64 Å². The van der Waals surface area contributed by atoms with Crippen molar-refractivity contribution in [3.8, 4) is 0 Å². The van der Waals surface area contributed by atoms with Gasteiger partial charge in [-0.2, -0.15) is 0 Å². The van der Waals surface area contributed by atoms with Crippen molar-refractivity contribution < 1.29 is 23.6 Å². The Kier molecular flexibility index (Phi) is 6.24. The molecule has 0 aromatic heterocycles. The highest BCUT2D eigenvalue weighted by atomic mass is 35.5. The first kappa shape index (κ1) is 19.3. The number of carbonyl (C=O) groups excluding carboxylic acids is 2. The topological polar surface area (TPSA) is 89.8 Å². The zero-order valence-electron chi connectivity index (χ0n) is 13.6. The summed E-state index contributed by atoms with van der Waals surface area (Å²) in [6, 6.07) is 9.11. The number of carbonyl (C=O) groups is 2. The van der Waals surface area contributed by atoms with Crippen molar-refractivity contribution >= 4 is 29.2 Å². The van der Waals surface area contributed by atoms with Crippen LogP contribution in [0.5, 0.6) is 0 Å². The summed E-state index contributed by atoms with van der Waals surface area (Å²) in [4.78, 5) is 35.6. The molecule has 0 unspecified atom stereocenters. The van der Waals surface area contributed by atoms with Gasteiger partial charge in [0, 0.05) is 24.7 Å². The van der Waals surface area contributed by atoms with Crippen molar-refractivity contribution in [3.05, 3.63) is 74.5 Å². The summed E-state index contributed by atoms with van der Waals surface area (Å²) in [5.41, 5.74) is -0.107. The average molecular weight is 381 g/mol. The minimum Gasteiger partial charge on any atom is -0.452 e. The molecule has 0 atom stereocenters. The molecule has 2 rings (SSSR count). The number of benzene rings is 2. The van der Waals surface area contributed by atoms with Crippen LogP contribution in [0.3, 0.4) is 0 Å². The van der Waals surface area contributed by atoms with Gasteiger partial charge in [-0.15, -0.1) is 0 Å². The van der Waals surface area contributed by atoms with Crippen LogP contribution in [-0.4, -0.2) is 35.4 Å². The van der Waals surface area contributed by atoms with E-state index in [-0.39, 0.29) is 22.9 Å². The van der Waals surface area contributed by atoms with E-state index >= 15 is 0 Å². The van der Waals surface area contributed by atoms with Gasteiger partial charge >= 0.3 is 5.97 Å². The van der Waals surface area contributed by atoms with Crippen LogP contribution in [0, 0.1) is 15.9 Å². The highest BCUT2D eigenvalue weighted by Gasteiger charge is 2.23. The molecule has 0 aliphatic carbocycles. The van der Waals surface area contributed by atoms with E-state index in [4.69, 9.17) is 16.3 Å². The fraction of sp³-hybridized carbons (Fsp3) is 0.176. The zero-order chi connectivity index (χ0) is 19.3. The van der Waals surface area contributed by atoms with Gasteiger partial charge in [0.2, 0.25) is 0 Å². The number of nitrogens with zero attached hydrogens (tertiary/aromatic N) is 2. The Balaban J connectivity index is 1.97. The van der Waals surface area contributed by atoms with Crippen LogP contribution in [0.2, 0.25) is 5.02 Å². The summed E-state index contributed by atoms with van der Waals surface area (Å²) in [5.74, 6) is -1.91. The van der Waals surface area contributed by atoms with E-state index in [2.05, 4.69) is 0 Å². The Bertz CT molecular complexity index is 842. The van der Waals surface area contributed by atoms with Crippen molar-refractivity contribution in [1.82, 2.24) is 4.90 Å². The number of esters is 1. The summed E-state index contributed by atoms with van der Waals surface area (Å²) >= 11 is 5.68. The van der Waals surface area contributed by atoms with Gasteiger partial charge in [0.05, 0.1) is 4.92 Å². The Morgan fingerprint density at radius 2 is 1.88 bits per heavy atom. The van der Waals surface area contributed by atoms with Crippen LogP contribution < -0.4 is 0 Å². The zero-order valence-corrected chi connectivity index (χ0v) is 14.4. The molecule has 1 amide bonds. The Hall–Kier alpha value is -3.00. The molecule has 0 N–H and O–H groups in total. The second-order valence-electron chi connectivity index (χ2n) is 5.37. The molecule has 0 aliphatic heterocycles. The molecule has 2 aromatic carbocycles. The molecule has 0 heterocycles. The third-order valence-corrected chi connectivity index (χ3v) is 3.70. The molecule has 0 fully saturated rings. The van der Waals surface area contributed by atoms with E-state index in [9.17, 15) is 24.1 Å². The van der Waals surface area contributed by atoms with Gasteiger partial charge in [0.15, 0.2) is 6.61 Å². The van der Waals surface area contributed by atoms with Crippen molar-refractivity contribution in [2.24, 2.45) is 0 Å². The number of ether oxygens (including phenoxy) is 1. The van der Waals surface area contributed by atoms with Gasteiger partial charge in [-0.1, -0.05) is 23.7 Å². The predicted octanol–water partition coefficient (Wildman–Crippen LogP) is 3.20. The maximum atomic E-state index is 12.9. The molecule has 7 nitrogen and oxygen atoms in total. The Morgan fingerprint density at radius 1 is 1.23 bits per heavy atom. The standard InChI is InChI=1S/C17H14ClFN2O5/c1-20(9-11-2-5-13(19)6-3-11)16(22)10-26-17(23)14-7-4-12(18)8-15(14)21(24)25/h2-8H,9-10H2,1H3. The van der Waals surface area contributed by atoms with Crippen molar-refractivity contribution in [2.75, 3.05) is 13.7 Å². The van der Waals surface area contributed by atoms with Crippen LogP contribution >= 0.6 is 11.6 Å². The second-order valence-corrected chi connectivity index (χ2v) is 5.81. The minimum absolute atomic E-state index is 0.100. The summed E-state index contributed by atoms with van der Waals surface area (Å²) < 4.78 is 17.7. The van der Waals surface area contributed by atoms with Crippen LogP contribution in [-0.2, 0) is 16.1 Å². The smallest absolute Gasteiger partial charge is 0.345 e. The van der Waals surface area contributed by atoms with Crippen molar-refractivity contribution in [2.45, 2.75) is 6.54 Å². The van der Waals surface area contributed by atoms with Gasteiger partial charge in [-0.05, 0) is 29.8 Å². The SMILES string of the molecule is CN(Cc1ccc(F)cc1)C(=O)COC(=O)c1ccc(Cl)cc1[N+](=O)[O-]. The van der Waals surface area contributed by atoms with E-state index in [1.54, 1.807) is 0 Å². The molecule has 0 radical (unpaired) electrons. The summed E-state index contributed by atoms with van der Waals surface area (Å²) in [6.07, 6.45) is 0. The fourth-order valence-electron chi connectivity index (χ4n) is 2.10. The van der Waals surface area contributed by atoms with Crippen molar-refractivity contribution in [1.29, 1.82) is 0 Å². The third kappa shape index (κ3) is 5.00. The molecular formula is C17H14ClFN2O5. The van der Waals surface area contributed by atoms with E-state index in [0.717, 1.165) is 12.1 Å². The van der Waals surface area contributed by atoms with E-state index in [1.807, 2.05) is 0 Å². The lowest BCUT2D eigenvalue weighted by Gasteiger charge is -2.17. The molecule has 0 spiro atoms. The first-order valence-corrected chi connectivity index (χ1v) is 7.75. The molecule has 0 saturated heterocycles. The van der Waals surface area contributed by atoms with Crippen LogP contribution in [0.1, 0.15) is 15.9 Å². The summed E-state index contributed by atoms with van der Waals surface area (Å²) in [7, 11) is 1.49. The predicted molar refractivity (Wildman–Crippen MR) is 91.3 cm³/mol. The fourth-order valence-corrected chi connectivity index (χ4v) is 2.26. The van der Waals surface area contributed by atoms with Gasteiger partial charge in [-0.3, -0.25) is 14.9 Å². The highest BCUT2D eigenvalue weighted by Crippen LogP contribution is 2.23. The molecule has 0 aliphatic rings. The first-order chi connectivity index (χ1) is 12.3. The van der Waals surface area contributed by atoms with E-state index in [1.165, 1.54) is 42.3 Å². The lowest BCUT2D eigenvalue weighted by atomic mass is 10.2. The lowest BCUT2D eigenvalue weighted by molar-refractivity contribution is -0.385. The first-order valence-electron chi connectivity index (χ1n) is 7.37. The van der Waals surface area contributed by atoms with Gasteiger partial charge in [0.25, 0.3) is 11.6 Å². The highest BCUT2D eigenvalue weighted by molar-refractivity contribution is 6.31. The van der Waals surface area contributed by atoms with Crippen LogP contribution in [0.25, 0.3) is 0 Å². The normalized spacial score (nSPS) is 10.3. The second kappa shape index (κ2) is 8.39. The number of nitro groups is 1. The van der Waals surface area contributed by atoms with E-state index in [0.29, 0.717) is 5.56 Å². The average Bonchev–Trinajstić information content (AvgIpc) is 2.61. The number of hydrogen-bond donors (Lipinski definition) is 0. The van der Waals surface area contributed by atoms with Crippen LogP contribution in [0.15, 0.2) is 42.5 Å². The number of hydrogen-bond acceptors (Lipinski definition) is 5. The number of amides is 1. The molecule has 9 heteroatoms. The van der Waals surface area contributed by atoms with Crippen LogP contribution in [0.4, 0.5) is 10.1 Å². The molecular weight excluding hydrogens is 367 g/mol. The lowest BCUT2D eigenvalue weighted by Crippen LogP contribution is -2.30. The Labute approximate surface area is 153 Å².